The van der Waals surface area contributed by atoms with Gasteiger partial charge in [0.2, 0.25) is 0 Å². The SMILES string of the molecule is Cc1nc2ccc(NCC3(C#N)CCC3)cc2o1. The van der Waals surface area contributed by atoms with Gasteiger partial charge in [0, 0.05) is 25.2 Å². The third-order valence-electron chi connectivity index (χ3n) is 3.67. The monoisotopic (exact) mass is 241 g/mol. The normalized spacial score (nSPS) is 17.1. The zero-order chi connectivity index (χ0) is 12.6. The molecule has 1 fully saturated rings. The molecule has 2 aromatic rings. The predicted molar refractivity (Wildman–Crippen MR) is 69.1 cm³/mol. The van der Waals surface area contributed by atoms with Crippen molar-refractivity contribution in [2.45, 2.75) is 26.2 Å². The largest absolute Gasteiger partial charge is 0.441 e. The van der Waals surface area contributed by atoms with Gasteiger partial charge in [0.25, 0.3) is 0 Å². The molecule has 1 N–H and O–H groups in total. The van der Waals surface area contributed by atoms with Crippen molar-refractivity contribution in [3.8, 4) is 6.07 Å². The number of nitriles is 1. The van der Waals surface area contributed by atoms with Crippen LogP contribution in [-0.2, 0) is 0 Å². The van der Waals surface area contributed by atoms with Crippen molar-refractivity contribution in [2.75, 3.05) is 11.9 Å². The molecule has 1 aromatic heterocycles. The highest BCUT2D eigenvalue weighted by Gasteiger charge is 2.36. The Morgan fingerprint density at radius 1 is 1.50 bits per heavy atom. The molecule has 92 valence electrons. The average Bonchev–Trinajstić information content (AvgIpc) is 2.67. The molecule has 1 aliphatic rings. The van der Waals surface area contributed by atoms with Gasteiger partial charge in [0.15, 0.2) is 11.5 Å². The average molecular weight is 241 g/mol. The Morgan fingerprint density at radius 2 is 2.33 bits per heavy atom. The summed E-state index contributed by atoms with van der Waals surface area (Å²) in [7, 11) is 0. The number of hydrogen-bond donors (Lipinski definition) is 1. The van der Waals surface area contributed by atoms with Crippen LogP contribution in [0.4, 0.5) is 5.69 Å². The van der Waals surface area contributed by atoms with E-state index in [4.69, 9.17) is 4.42 Å². The molecule has 18 heavy (non-hydrogen) atoms. The lowest BCUT2D eigenvalue weighted by Gasteiger charge is -2.35. The smallest absolute Gasteiger partial charge is 0.192 e. The number of oxazole rings is 1. The van der Waals surface area contributed by atoms with E-state index in [1.54, 1.807) is 0 Å². The van der Waals surface area contributed by atoms with Gasteiger partial charge in [-0.15, -0.1) is 0 Å². The molecule has 0 radical (unpaired) electrons. The maximum absolute atomic E-state index is 9.17. The van der Waals surface area contributed by atoms with Gasteiger partial charge in [-0.05, 0) is 25.0 Å². The Balaban J connectivity index is 1.76. The first kappa shape index (κ1) is 11.1. The Bertz CT molecular complexity index is 619. The number of aryl methyl sites for hydroxylation is 1. The van der Waals surface area contributed by atoms with Gasteiger partial charge in [-0.3, -0.25) is 0 Å². The van der Waals surface area contributed by atoms with Gasteiger partial charge in [-0.25, -0.2) is 4.98 Å². The lowest BCUT2D eigenvalue weighted by molar-refractivity contribution is 0.233. The summed E-state index contributed by atoms with van der Waals surface area (Å²) < 4.78 is 5.49. The van der Waals surface area contributed by atoms with Gasteiger partial charge in [-0.1, -0.05) is 6.42 Å². The minimum absolute atomic E-state index is 0.160. The number of nitrogens with one attached hydrogen (secondary N) is 1. The second-order valence-corrected chi connectivity index (χ2v) is 5.01. The standard InChI is InChI=1S/C14H15N3O/c1-10-17-12-4-3-11(7-13(12)18-10)16-9-14(8-15)5-2-6-14/h3-4,7,16H,2,5-6,9H2,1H3. The summed E-state index contributed by atoms with van der Waals surface area (Å²) >= 11 is 0. The summed E-state index contributed by atoms with van der Waals surface area (Å²) in [4.78, 5) is 4.26. The van der Waals surface area contributed by atoms with Gasteiger partial charge >= 0.3 is 0 Å². The van der Waals surface area contributed by atoms with Crippen molar-refractivity contribution in [1.82, 2.24) is 4.98 Å². The maximum Gasteiger partial charge on any atom is 0.192 e. The van der Waals surface area contributed by atoms with E-state index in [-0.39, 0.29) is 5.41 Å². The number of nitrogens with zero attached hydrogens (tertiary/aromatic N) is 2. The molecule has 0 unspecified atom stereocenters. The van der Waals surface area contributed by atoms with Crippen LogP contribution in [0.3, 0.4) is 0 Å². The van der Waals surface area contributed by atoms with Crippen LogP contribution >= 0.6 is 0 Å². The van der Waals surface area contributed by atoms with Crippen molar-refractivity contribution in [3.63, 3.8) is 0 Å². The van der Waals surface area contributed by atoms with Crippen LogP contribution in [0.1, 0.15) is 25.2 Å². The minimum atomic E-state index is -0.160. The molecule has 0 aliphatic heterocycles. The third kappa shape index (κ3) is 1.82. The van der Waals surface area contributed by atoms with Crippen LogP contribution in [-0.4, -0.2) is 11.5 Å². The van der Waals surface area contributed by atoms with Crippen molar-refractivity contribution < 1.29 is 4.42 Å². The van der Waals surface area contributed by atoms with Gasteiger partial charge in [-0.2, -0.15) is 5.26 Å². The lowest BCUT2D eigenvalue weighted by Crippen LogP contribution is -2.34. The summed E-state index contributed by atoms with van der Waals surface area (Å²) in [5, 5.41) is 12.5. The summed E-state index contributed by atoms with van der Waals surface area (Å²) in [6, 6.07) is 8.29. The molecule has 1 heterocycles. The molecule has 4 nitrogen and oxygen atoms in total. The van der Waals surface area contributed by atoms with Crippen molar-refractivity contribution >= 4 is 16.8 Å². The summed E-state index contributed by atoms with van der Waals surface area (Å²) in [6.45, 7) is 2.55. The molecule has 0 bridgehead atoms. The first-order valence-electron chi connectivity index (χ1n) is 6.23. The second-order valence-electron chi connectivity index (χ2n) is 5.01. The summed E-state index contributed by atoms with van der Waals surface area (Å²) in [5.41, 5.74) is 2.49. The minimum Gasteiger partial charge on any atom is -0.441 e. The topological polar surface area (TPSA) is 61.9 Å². The molecular weight excluding hydrogens is 226 g/mol. The number of aromatic nitrogens is 1. The molecule has 0 spiro atoms. The van der Waals surface area contributed by atoms with Crippen LogP contribution in [0, 0.1) is 23.7 Å². The van der Waals surface area contributed by atoms with E-state index in [1.807, 2.05) is 25.1 Å². The van der Waals surface area contributed by atoms with Crippen molar-refractivity contribution in [3.05, 3.63) is 24.1 Å². The highest BCUT2D eigenvalue weighted by atomic mass is 16.3. The predicted octanol–water partition coefficient (Wildman–Crippen LogP) is 3.24. The van der Waals surface area contributed by atoms with Crippen LogP contribution in [0.2, 0.25) is 0 Å². The molecule has 0 amide bonds. The first-order valence-corrected chi connectivity index (χ1v) is 6.23. The summed E-state index contributed by atoms with van der Waals surface area (Å²) in [5.74, 6) is 0.676. The van der Waals surface area contributed by atoms with Crippen molar-refractivity contribution in [1.29, 1.82) is 5.26 Å². The Kier molecular flexibility index (Phi) is 2.48. The van der Waals surface area contributed by atoms with E-state index in [0.29, 0.717) is 12.4 Å². The van der Waals surface area contributed by atoms with E-state index in [0.717, 1.165) is 36.0 Å². The highest BCUT2D eigenvalue weighted by molar-refractivity contribution is 5.77. The van der Waals surface area contributed by atoms with Crippen LogP contribution in [0.5, 0.6) is 0 Å². The molecule has 0 saturated heterocycles. The fourth-order valence-corrected chi connectivity index (χ4v) is 2.35. The zero-order valence-electron chi connectivity index (χ0n) is 10.4. The third-order valence-corrected chi connectivity index (χ3v) is 3.67. The number of rotatable bonds is 3. The number of fused-ring (bicyclic) bond motifs is 1. The second kappa shape index (κ2) is 4.02. The van der Waals surface area contributed by atoms with Crippen LogP contribution in [0.15, 0.2) is 22.6 Å². The van der Waals surface area contributed by atoms with Crippen LogP contribution < -0.4 is 5.32 Å². The van der Waals surface area contributed by atoms with E-state index >= 15 is 0 Å². The zero-order valence-corrected chi connectivity index (χ0v) is 10.4. The fourth-order valence-electron chi connectivity index (χ4n) is 2.35. The molecule has 1 aromatic carbocycles. The van der Waals surface area contributed by atoms with Crippen molar-refractivity contribution in [2.24, 2.45) is 5.41 Å². The molecule has 1 saturated carbocycles. The number of hydrogen-bond acceptors (Lipinski definition) is 4. The lowest BCUT2D eigenvalue weighted by atomic mass is 9.70. The van der Waals surface area contributed by atoms with E-state index in [1.165, 1.54) is 0 Å². The Hall–Kier alpha value is -2.02. The highest BCUT2D eigenvalue weighted by Crippen LogP contribution is 2.40. The Morgan fingerprint density at radius 3 is 3.00 bits per heavy atom. The van der Waals surface area contributed by atoms with Gasteiger partial charge in [0.05, 0.1) is 11.5 Å². The molecular formula is C14H15N3O. The van der Waals surface area contributed by atoms with E-state index in [9.17, 15) is 5.26 Å². The summed E-state index contributed by atoms with van der Waals surface area (Å²) in [6.07, 6.45) is 3.16. The Labute approximate surface area is 106 Å². The molecule has 4 heteroatoms. The van der Waals surface area contributed by atoms with Gasteiger partial charge in [0.1, 0.15) is 5.52 Å². The van der Waals surface area contributed by atoms with E-state index in [2.05, 4.69) is 16.4 Å². The fraction of sp³-hybridized carbons (Fsp3) is 0.429. The maximum atomic E-state index is 9.17. The number of benzene rings is 1. The van der Waals surface area contributed by atoms with Gasteiger partial charge < -0.3 is 9.73 Å². The van der Waals surface area contributed by atoms with Crippen LogP contribution in [0.25, 0.3) is 11.1 Å². The quantitative estimate of drug-likeness (QED) is 0.896. The molecule has 3 rings (SSSR count). The first-order chi connectivity index (χ1) is 8.71. The number of anilines is 1. The van der Waals surface area contributed by atoms with E-state index < -0.39 is 0 Å². The molecule has 1 aliphatic carbocycles. The molecule has 0 atom stereocenters.